The summed E-state index contributed by atoms with van der Waals surface area (Å²) >= 11 is 0. The molecule has 5 nitrogen and oxygen atoms in total. The predicted octanol–water partition coefficient (Wildman–Crippen LogP) is 0.336. The molecule has 0 aliphatic carbocycles. The summed E-state index contributed by atoms with van der Waals surface area (Å²) in [5.41, 5.74) is 0. The van der Waals surface area contributed by atoms with Gasteiger partial charge in [-0.2, -0.15) is 13.4 Å². The summed E-state index contributed by atoms with van der Waals surface area (Å²) in [6, 6.07) is 0. The fourth-order valence-electron chi connectivity index (χ4n) is 0.416. The van der Waals surface area contributed by atoms with Gasteiger partial charge in [-0.3, -0.25) is 4.55 Å². The van der Waals surface area contributed by atoms with Gasteiger partial charge in [-0.05, 0) is 13.3 Å². The zero-order chi connectivity index (χ0) is 9.12. The Morgan fingerprint density at radius 1 is 1.64 bits per heavy atom. The minimum absolute atomic E-state index is 0.0288. The lowest BCUT2D eigenvalue weighted by atomic mass is 10.3. The quantitative estimate of drug-likeness (QED) is 0.384. The summed E-state index contributed by atoms with van der Waals surface area (Å²) in [7, 11) is -4.31. The summed E-state index contributed by atoms with van der Waals surface area (Å²) in [4.78, 5) is 11.0. The zero-order valence-electron chi connectivity index (χ0n) is 6.23. The van der Waals surface area contributed by atoms with Crippen LogP contribution in [0.3, 0.4) is 0 Å². The van der Waals surface area contributed by atoms with Gasteiger partial charge in [-0.25, -0.2) is 4.79 Å². The third kappa shape index (κ3) is 2.11. The van der Waals surface area contributed by atoms with Crippen LogP contribution in [-0.4, -0.2) is 23.9 Å². The first kappa shape index (κ1) is 10.3. The van der Waals surface area contributed by atoms with Crippen LogP contribution in [0.2, 0.25) is 0 Å². The molecule has 0 spiro atoms. The van der Waals surface area contributed by atoms with Crippen molar-refractivity contribution >= 4 is 16.2 Å². The van der Waals surface area contributed by atoms with Crippen molar-refractivity contribution in [1.29, 1.82) is 0 Å². The SMILES string of the molecule is CCC(C)(N=C=O)S(=O)(=O)O. The van der Waals surface area contributed by atoms with Gasteiger partial charge in [0.1, 0.15) is 0 Å². The van der Waals surface area contributed by atoms with E-state index in [0.29, 0.717) is 0 Å². The molecule has 0 aromatic heterocycles. The molecule has 0 saturated carbocycles. The fraction of sp³-hybridized carbons (Fsp3) is 0.800. The van der Waals surface area contributed by atoms with Crippen LogP contribution < -0.4 is 0 Å². The Balaban J connectivity index is 5.07. The van der Waals surface area contributed by atoms with Crippen LogP contribution in [0.15, 0.2) is 4.99 Å². The van der Waals surface area contributed by atoms with Crippen molar-refractivity contribution in [2.45, 2.75) is 25.1 Å². The van der Waals surface area contributed by atoms with Gasteiger partial charge in [0.25, 0.3) is 10.1 Å². The van der Waals surface area contributed by atoms with E-state index in [1.807, 2.05) is 0 Å². The van der Waals surface area contributed by atoms with Gasteiger partial charge in [-0.1, -0.05) is 6.92 Å². The summed E-state index contributed by atoms with van der Waals surface area (Å²) in [6.07, 6.45) is 1.13. The maximum absolute atomic E-state index is 10.6. The first-order valence-electron chi connectivity index (χ1n) is 2.93. The molecule has 0 rings (SSSR count). The van der Waals surface area contributed by atoms with Gasteiger partial charge < -0.3 is 0 Å². The summed E-state index contributed by atoms with van der Waals surface area (Å²) < 4.78 is 29.7. The highest BCUT2D eigenvalue weighted by atomic mass is 32.2. The van der Waals surface area contributed by atoms with Crippen molar-refractivity contribution in [2.24, 2.45) is 4.99 Å². The molecule has 1 atom stereocenters. The molecule has 0 aliphatic rings. The first-order chi connectivity index (χ1) is 4.87. The molecule has 0 amide bonds. The van der Waals surface area contributed by atoms with Crippen molar-refractivity contribution in [2.75, 3.05) is 0 Å². The van der Waals surface area contributed by atoms with E-state index in [1.54, 1.807) is 0 Å². The Morgan fingerprint density at radius 3 is 2.18 bits per heavy atom. The highest BCUT2D eigenvalue weighted by Gasteiger charge is 2.35. The molecular formula is C5H9NO4S. The van der Waals surface area contributed by atoms with Crippen molar-refractivity contribution in [3.63, 3.8) is 0 Å². The van der Waals surface area contributed by atoms with Crippen molar-refractivity contribution < 1.29 is 17.8 Å². The standard InChI is InChI=1S/C5H9NO4S/c1-3-5(2,6-4-7)11(8,9)10/h3H2,1-2H3,(H,8,9,10). The number of carbonyl (C=O) groups excluding carboxylic acids is 1. The third-order valence-corrected chi connectivity index (χ3v) is 2.99. The first-order valence-corrected chi connectivity index (χ1v) is 4.37. The van der Waals surface area contributed by atoms with Gasteiger partial charge in [0, 0.05) is 0 Å². The molecule has 1 N–H and O–H groups in total. The number of aliphatic imine (C=N–C) groups is 1. The average molecular weight is 179 g/mol. The van der Waals surface area contributed by atoms with Crippen molar-refractivity contribution in [1.82, 2.24) is 0 Å². The zero-order valence-corrected chi connectivity index (χ0v) is 7.05. The summed E-state index contributed by atoms with van der Waals surface area (Å²) in [5, 5.41) is 0. The molecule has 6 heteroatoms. The lowest BCUT2D eigenvalue weighted by Crippen LogP contribution is -2.31. The topological polar surface area (TPSA) is 83.8 Å². The molecule has 0 aromatic rings. The maximum atomic E-state index is 10.6. The van der Waals surface area contributed by atoms with E-state index in [9.17, 15) is 13.2 Å². The monoisotopic (exact) mass is 179 g/mol. The highest BCUT2D eigenvalue weighted by molar-refractivity contribution is 7.87. The Labute approximate surface area is 64.9 Å². The second-order valence-electron chi connectivity index (χ2n) is 2.21. The molecule has 64 valence electrons. The minimum Gasteiger partial charge on any atom is -0.284 e. The second-order valence-corrected chi connectivity index (χ2v) is 4.04. The smallest absolute Gasteiger partial charge is 0.284 e. The molecule has 0 aliphatic heterocycles. The normalized spacial score (nSPS) is 16.6. The molecule has 0 bridgehead atoms. The van der Waals surface area contributed by atoms with E-state index < -0.39 is 15.0 Å². The Bertz CT molecular complexity index is 277. The molecule has 1 unspecified atom stereocenters. The number of isocyanates is 1. The largest absolute Gasteiger partial charge is 0.291 e. The Hall–Kier alpha value is -0.710. The van der Waals surface area contributed by atoms with Crippen LogP contribution in [-0.2, 0) is 14.9 Å². The van der Waals surface area contributed by atoms with Crippen LogP contribution in [0.1, 0.15) is 20.3 Å². The number of nitrogens with zero attached hydrogens (tertiary/aromatic N) is 1. The van der Waals surface area contributed by atoms with Gasteiger partial charge in [-0.15, -0.1) is 0 Å². The Kier molecular flexibility index (Phi) is 2.92. The fourth-order valence-corrected chi connectivity index (χ4v) is 0.933. The average Bonchev–Trinajstić information content (AvgIpc) is 1.86. The van der Waals surface area contributed by atoms with Crippen LogP contribution in [0.25, 0.3) is 0 Å². The highest BCUT2D eigenvalue weighted by Crippen LogP contribution is 2.20. The van der Waals surface area contributed by atoms with Crippen LogP contribution in [0.4, 0.5) is 0 Å². The lowest BCUT2D eigenvalue weighted by molar-refractivity contribution is 0.429. The van der Waals surface area contributed by atoms with Crippen molar-refractivity contribution in [3.05, 3.63) is 0 Å². The molecule has 0 fully saturated rings. The van der Waals surface area contributed by atoms with Crippen molar-refractivity contribution in [3.8, 4) is 0 Å². The molecule has 11 heavy (non-hydrogen) atoms. The second kappa shape index (κ2) is 3.13. The Morgan fingerprint density at radius 2 is 2.09 bits per heavy atom. The predicted molar refractivity (Wildman–Crippen MR) is 38.4 cm³/mol. The van der Waals surface area contributed by atoms with E-state index in [-0.39, 0.29) is 6.42 Å². The van der Waals surface area contributed by atoms with Gasteiger partial charge >= 0.3 is 0 Å². The number of hydrogen-bond acceptors (Lipinski definition) is 4. The van der Waals surface area contributed by atoms with E-state index in [0.717, 1.165) is 13.0 Å². The van der Waals surface area contributed by atoms with Crippen LogP contribution in [0, 0.1) is 0 Å². The van der Waals surface area contributed by atoms with Gasteiger partial charge in [0.05, 0.1) is 0 Å². The van der Waals surface area contributed by atoms with E-state index in [1.165, 1.54) is 6.92 Å². The summed E-state index contributed by atoms with van der Waals surface area (Å²) in [5.74, 6) is 0. The molecule has 0 aromatic carbocycles. The number of hydrogen-bond donors (Lipinski definition) is 1. The minimum atomic E-state index is -4.31. The van der Waals surface area contributed by atoms with Gasteiger partial charge in [0.15, 0.2) is 4.87 Å². The maximum Gasteiger partial charge on any atom is 0.291 e. The van der Waals surface area contributed by atoms with Crippen LogP contribution >= 0.6 is 0 Å². The van der Waals surface area contributed by atoms with E-state index in [4.69, 9.17) is 4.55 Å². The summed E-state index contributed by atoms with van der Waals surface area (Å²) in [6.45, 7) is 2.64. The number of rotatable bonds is 3. The van der Waals surface area contributed by atoms with Gasteiger partial charge in [0.2, 0.25) is 6.08 Å². The lowest BCUT2D eigenvalue weighted by Gasteiger charge is -2.16. The molecule has 0 saturated heterocycles. The van der Waals surface area contributed by atoms with E-state index >= 15 is 0 Å². The molecular weight excluding hydrogens is 170 g/mol. The van der Waals surface area contributed by atoms with Crippen LogP contribution in [0.5, 0.6) is 0 Å². The van der Waals surface area contributed by atoms with E-state index in [2.05, 4.69) is 4.99 Å². The molecule has 0 heterocycles. The molecule has 0 radical (unpaired) electrons. The third-order valence-electron chi connectivity index (χ3n) is 1.49.